The van der Waals surface area contributed by atoms with Crippen LogP contribution in [0, 0.1) is 0 Å². The fourth-order valence-corrected chi connectivity index (χ4v) is 8.67. The maximum absolute atomic E-state index is 14.3. The second-order valence-corrected chi connectivity index (χ2v) is 15.7. The molecule has 4 aromatic rings. The highest BCUT2D eigenvalue weighted by atomic mass is 32.3. The molecule has 0 saturated carbocycles. The molecule has 0 bridgehead atoms. The van der Waals surface area contributed by atoms with Crippen molar-refractivity contribution >= 4 is 45.6 Å². The lowest BCUT2D eigenvalue weighted by Gasteiger charge is -2.15. The molecule has 264 valence electrons. The van der Waals surface area contributed by atoms with Crippen LogP contribution in [0.1, 0.15) is 79.1 Å². The molecule has 49 heavy (non-hydrogen) atoms. The van der Waals surface area contributed by atoms with Crippen molar-refractivity contribution in [2.45, 2.75) is 88.9 Å². The third-order valence-corrected chi connectivity index (χ3v) is 12.1. The van der Waals surface area contributed by atoms with Gasteiger partial charge in [-0.25, -0.2) is 16.8 Å². The van der Waals surface area contributed by atoms with Crippen LogP contribution in [0.25, 0.3) is 27.1 Å². The zero-order valence-electron chi connectivity index (χ0n) is 28.7. The smallest absolute Gasteiger partial charge is 0.494 e. The van der Waals surface area contributed by atoms with Crippen molar-refractivity contribution < 1.29 is 40.6 Å². The molecule has 0 heterocycles. The number of benzene rings is 4. The molecule has 0 amide bonds. The topological polar surface area (TPSA) is 142 Å². The van der Waals surface area contributed by atoms with Gasteiger partial charge in [-0.1, -0.05) is 65.5 Å². The molecule has 0 radical (unpaired) electrons. The van der Waals surface area contributed by atoms with Crippen LogP contribution in [0.4, 0.5) is 0 Å². The summed E-state index contributed by atoms with van der Waals surface area (Å²) in [6, 6.07) is 16.1. The monoisotopic (exact) mass is 710 g/mol. The van der Waals surface area contributed by atoms with Crippen LogP contribution in [-0.4, -0.2) is 52.4 Å². The zero-order chi connectivity index (χ0) is 35.4. The van der Waals surface area contributed by atoms with Gasteiger partial charge in [0.1, 0.15) is 32.8 Å². The number of nitrogens with zero attached hydrogens (tertiary/aromatic N) is 2. The second kappa shape index (κ2) is 17.5. The number of sulfone groups is 2. The van der Waals surface area contributed by atoms with Crippen molar-refractivity contribution in [3.63, 3.8) is 0 Å². The summed E-state index contributed by atoms with van der Waals surface area (Å²) in [5.74, 6) is 1.11. The largest absolute Gasteiger partial charge is 0.504 e. The number of unbranched alkanes of at least 4 members (excludes halogenated alkanes) is 4. The lowest BCUT2D eigenvalue weighted by molar-refractivity contribution is 0.00377. The van der Waals surface area contributed by atoms with E-state index in [1.807, 2.05) is 13.8 Å². The number of rotatable bonds is 18. The van der Waals surface area contributed by atoms with Crippen LogP contribution in [0.3, 0.4) is 0 Å². The van der Waals surface area contributed by atoms with E-state index in [-0.39, 0.29) is 24.7 Å². The van der Waals surface area contributed by atoms with Crippen molar-refractivity contribution in [1.29, 1.82) is 0 Å². The quantitative estimate of drug-likeness (QED) is 0.0329. The van der Waals surface area contributed by atoms with Gasteiger partial charge in [0.05, 0.1) is 26.4 Å². The fourth-order valence-electron chi connectivity index (χ4n) is 5.05. The van der Waals surface area contributed by atoms with Crippen molar-refractivity contribution in [3.05, 3.63) is 66.2 Å². The minimum absolute atomic E-state index is 0.0588. The van der Waals surface area contributed by atoms with Crippen molar-refractivity contribution in [2.24, 2.45) is 0 Å². The van der Waals surface area contributed by atoms with Crippen molar-refractivity contribution in [1.82, 2.24) is 0 Å². The summed E-state index contributed by atoms with van der Waals surface area (Å²) in [4.78, 5) is 2.05. The van der Waals surface area contributed by atoms with Gasteiger partial charge in [0.15, 0.2) is 0 Å². The average molecular weight is 711 g/mol. The SMILES string of the molecule is CCCCOc1ccc2cc(S(=O)(=O)C(=[N+]=[N-])S(=O)(=O)c3cc4ccc(OCCCC)cc4cc3OCCCC)c(OCCCC)cc2c1. The van der Waals surface area contributed by atoms with Crippen molar-refractivity contribution in [3.8, 4) is 23.0 Å². The Hall–Kier alpha value is -4.12. The summed E-state index contributed by atoms with van der Waals surface area (Å²) in [6.45, 7) is 9.53. The average Bonchev–Trinajstić information content (AvgIpc) is 3.08. The summed E-state index contributed by atoms with van der Waals surface area (Å²) in [7, 11) is -9.96. The summed E-state index contributed by atoms with van der Waals surface area (Å²) in [5.41, 5.74) is 10.1. The lowest BCUT2D eigenvalue weighted by Crippen LogP contribution is -2.27. The van der Waals surface area contributed by atoms with Crippen LogP contribution in [0.5, 0.6) is 23.0 Å². The van der Waals surface area contributed by atoms with Gasteiger partial charge in [0, 0.05) is 0 Å². The second-order valence-electron chi connectivity index (χ2n) is 11.8. The van der Waals surface area contributed by atoms with Gasteiger partial charge in [0.25, 0.3) is 19.7 Å². The number of hydrogen-bond acceptors (Lipinski definition) is 8. The maximum Gasteiger partial charge on any atom is 0.504 e. The third kappa shape index (κ3) is 9.12. The van der Waals surface area contributed by atoms with E-state index in [0.717, 1.165) is 38.5 Å². The fraction of sp³-hybridized carbons (Fsp3) is 0.432. The van der Waals surface area contributed by atoms with Crippen LogP contribution in [0.2, 0.25) is 0 Å². The molecule has 0 N–H and O–H groups in total. The minimum atomic E-state index is -4.98. The lowest BCUT2D eigenvalue weighted by atomic mass is 10.1. The summed E-state index contributed by atoms with van der Waals surface area (Å²) in [5, 5.41) is 2.29. The molecule has 4 aromatic carbocycles. The Balaban J connectivity index is 1.83. The Labute approximate surface area is 289 Å². The molecule has 0 aliphatic rings. The molecule has 0 spiro atoms. The first-order chi connectivity index (χ1) is 23.6. The highest BCUT2D eigenvalue weighted by Gasteiger charge is 2.47. The maximum atomic E-state index is 14.3. The van der Waals surface area contributed by atoms with Gasteiger partial charge in [-0.15, -0.1) is 4.79 Å². The number of hydrogen-bond donors (Lipinski definition) is 0. The Kier molecular flexibility index (Phi) is 13.5. The van der Waals surface area contributed by atoms with Gasteiger partial charge in [-0.05, 0) is 95.8 Å². The highest BCUT2D eigenvalue weighted by molar-refractivity contribution is 8.31. The summed E-state index contributed by atoms with van der Waals surface area (Å²) < 4.78 is 79.3. The highest BCUT2D eigenvalue weighted by Crippen LogP contribution is 2.37. The molecular weight excluding hydrogens is 665 g/mol. The normalized spacial score (nSPS) is 11.8. The van der Waals surface area contributed by atoms with Crippen LogP contribution < -0.4 is 18.9 Å². The Bertz CT molecular complexity index is 1880. The van der Waals surface area contributed by atoms with Crippen LogP contribution in [0.15, 0.2) is 70.5 Å². The van der Waals surface area contributed by atoms with Gasteiger partial charge in [-0.2, -0.15) is 0 Å². The molecule has 12 heteroatoms. The zero-order valence-corrected chi connectivity index (χ0v) is 30.4. The van der Waals surface area contributed by atoms with E-state index in [0.29, 0.717) is 59.1 Å². The Morgan fingerprint density at radius 2 is 0.898 bits per heavy atom. The van der Waals surface area contributed by atoms with E-state index in [9.17, 15) is 22.4 Å². The molecular formula is C37H46N2O8S2. The molecule has 0 saturated heterocycles. The van der Waals surface area contributed by atoms with Crippen molar-refractivity contribution in [2.75, 3.05) is 26.4 Å². The van der Waals surface area contributed by atoms with Gasteiger partial charge in [-0.3, -0.25) is 0 Å². The van der Waals surface area contributed by atoms with E-state index in [2.05, 4.69) is 18.6 Å². The molecule has 4 rings (SSSR count). The summed E-state index contributed by atoms with van der Waals surface area (Å²) >= 11 is 0. The predicted octanol–water partition coefficient (Wildman–Crippen LogP) is 8.54. The molecule has 0 atom stereocenters. The number of ether oxygens (including phenoxy) is 4. The van der Waals surface area contributed by atoms with E-state index >= 15 is 0 Å². The molecule has 0 aliphatic carbocycles. The van der Waals surface area contributed by atoms with Gasteiger partial charge >= 0.3 is 4.38 Å². The first kappa shape index (κ1) is 37.7. The minimum Gasteiger partial charge on any atom is -0.494 e. The van der Waals surface area contributed by atoms with Crippen LogP contribution in [-0.2, 0) is 19.7 Å². The molecule has 0 fully saturated rings. The molecule has 10 nitrogen and oxygen atoms in total. The van der Waals surface area contributed by atoms with E-state index in [4.69, 9.17) is 18.9 Å². The molecule has 0 aliphatic heterocycles. The Morgan fingerprint density at radius 3 is 1.24 bits per heavy atom. The van der Waals surface area contributed by atoms with Crippen LogP contribution >= 0.6 is 0 Å². The first-order valence-electron chi connectivity index (χ1n) is 17.0. The standard InChI is InChI=1S/C37H46N2O8S2/c1-5-9-17-44-31-15-13-27-25-35(33(23-29(27)21-31)46-19-11-7-3)48(40,41)37(39-38)49(42,43)36-26-28-14-16-32(45-18-10-6-2)22-30(28)24-34(36)47-20-12-8-4/h13-16,21-26H,5-12,17-20H2,1-4H3. The van der Waals surface area contributed by atoms with E-state index in [1.165, 1.54) is 12.1 Å². The molecule has 0 unspecified atom stereocenters. The van der Waals surface area contributed by atoms with E-state index < -0.39 is 33.8 Å². The first-order valence-corrected chi connectivity index (χ1v) is 20.0. The summed E-state index contributed by atoms with van der Waals surface area (Å²) in [6.07, 6.45) is 6.57. The third-order valence-electron chi connectivity index (χ3n) is 7.91. The Morgan fingerprint density at radius 1 is 0.531 bits per heavy atom. The van der Waals surface area contributed by atoms with Gasteiger partial charge in [0.2, 0.25) is 0 Å². The number of fused-ring (bicyclic) bond motifs is 2. The predicted molar refractivity (Wildman–Crippen MR) is 193 cm³/mol. The van der Waals surface area contributed by atoms with Gasteiger partial charge < -0.3 is 24.5 Å². The molecule has 0 aromatic heterocycles. The van der Waals surface area contributed by atoms with E-state index in [1.54, 1.807) is 48.5 Å².